The van der Waals surface area contributed by atoms with Gasteiger partial charge in [0.15, 0.2) is 5.78 Å². The Kier molecular flexibility index (Phi) is 6.89. The molecule has 0 aromatic heterocycles. The molecule has 0 heterocycles. The normalized spacial score (nSPS) is 11.5. The van der Waals surface area contributed by atoms with E-state index < -0.39 is 0 Å². The maximum atomic E-state index is 12.2. The van der Waals surface area contributed by atoms with E-state index in [9.17, 15) is 15.0 Å². The molecule has 0 aliphatic rings. The molecule has 2 rings (SSSR count). The summed E-state index contributed by atoms with van der Waals surface area (Å²) in [5, 5.41) is 21.6. The molecule has 1 atom stereocenters. The van der Waals surface area contributed by atoms with Crippen molar-refractivity contribution >= 4 is 18.2 Å². The van der Waals surface area contributed by atoms with Crippen LogP contribution in [0.1, 0.15) is 22.8 Å². The first kappa shape index (κ1) is 18.0. The minimum atomic E-state index is -0.286. The van der Waals surface area contributed by atoms with Crippen LogP contribution in [0.4, 0.5) is 0 Å². The Morgan fingerprint density at radius 3 is 2.05 bits per heavy atom. The third kappa shape index (κ3) is 5.06. The average molecular weight is 322 g/mol. The van der Waals surface area contributed by atoms with Crippen molar-refractivity contribution in [3.63, 3.8) is 0 Å². The fourth-order valence-electron chi connectivity index (χ4n) is 2.06. The monoisotopic (exact) mass is 321 g/mol. The summed E-state index contributed by atoms with van der Waals surface area (Å²) in [5.74, 6) is 0.405. The lowest BCUT2D eigenvalue weighted by Gasteiger charge is -2.13. The zero-order chi connectivity index (χ0) is 15.2. The largest absolute Gasteiger partial charge is 0.508 e. The lowest BCUT2D eigenvalue weighted by molar-refractivity contribution is 0.0951. The summed E-state index contributed by atoms with van der Waals surface area (Å²) in [6.07, 6.45) is 0.785. The van der Waals surface area contributed by atoms with E-state index in [4.69, 9.17) is 0 Å². The molecule has 0 saturated carbocycles. The Hall–Kier alpha value is -2.04. The van der Waals surface area contributed by atoms with Crippen molar-refractivity contribution in [2.24, 2.45) is 0 Å². The number of phenolic OH excluding ortho intramolecular Hbond substituents is 2. The molecule has 0 radical (unpaired) electrons. The number of benzene rings is 2. The van der Waals surface area contributed by atoms with Crippen molar-refractivity contribution in [3.05, 3.63) is 59.7 Å². The highest BCUT2D eigenvalue weighted by Crippen LogP contribution is 2.12. The topological polar surface area (TPSA) is 69.6 Å². The summed E-state index contributed by atoms with van der Waals surface area (Å²) in [4.78, 5) is 12.2. The highest BCUT2D eigenvalue weighted by molar-refractivity contribution is 5.99. The summed E-state index contributed by atoms with van der Waals surface area (Å²) in [5.41, 5.74) is 1.68. The van der Waals surface area contributed by atoms with Crippen LogP contribution >= 0.6 is 12.4 Å². The molecule has 5 heteroatoms. The molecule has 0 spiro atoms. The highest BCUT2D eigenvalue weighted by Gasteiger charge is 2.14. The fourth-order valence-corrected chi connectivity index (χ4v) is 2.06. The first-order valence-electron chi connectivity index (χ1n) is 6.91. The van der Waals surface area contributed by atoms with Gasteiger partial charge >= 0.3 is 0 Å². The zero-order valence-electron chi connectivity index (χ0n) is 12.3. The van der Waals surface area contributed by atoms with Gasteiger partial charge in [0.05, 0.1) is 6.04 Å². The van der Waals surface area contributed by atoms with Crippen LogP contribution in [0.15, 0.2) is 48.5 Å². The van der Waals surface area contributed by atoms with Crippen LogP contribution in [-0.2, 0) is 6.42 Å². The second-order valence-electron chi connectivity index (χ2n) is 5.00. The van der Waals surface area contributed by atoms with Crippen LogP contribution in [0.2, 0.25) is 0 Å². The molecular weight excluding hydrogens is 302 g/mol. The number of carbonyl (C=O) groups is 1. The summed E-state index contributed by atoms with van der Waals surface area (Å²) in [6, 6.07) is 13.0. The molecule has 118 valence electrons. The number of aromatic hydroxyl groups is 2. The number of Topliss-reactive ketones (excluding diaryl/α,β-unsaturated/α-hetero) is 1. The predicted molar refractivity (Wildman–Crippen MR) is 89.0 cm³/mol. The molecule has 0 saturated heterocycles. The van der Waals surface area contributed by atoms with Gasteiger partial charge in [-0.25, -0.2) is 0 Å². The van der Waals surface area contributed by atoms with E-state index in [0.717, 1.165) is 12.0 Å². The highest BCUT2D eigenvalue weighted by atomic mass is 35.5. The quantitative estimate of drug-likeness (QED) is 0.716. The van der Waals surface area contributed by atoms with Crippen LogP contribution < -0.4 is 5.32 Å². The van der Waals surface area contributed by atoms with Gasteiger partial charge in [-0.2, -0.15) is 0 Å². The molecule has 0 bridgehead atoms. The fraction of sp³-hybridized carbons (Fsp3) is 0.235. The van der Waals surface area contributed by atoms with Crippen LogP contribution in [0.25, 0.3) is 0 Å². The summed E-state index contributed by atoms with van der Waals surface area (Å²) in [7, 11) is 0. The van der Waals surface area contributed by atoms with E-state index in [1.165, 1.54) is 12.1 Å². The predicted octanol–water partition coefficient (Wildman–Crippen LogP) is 2.92. The van der Waals surface area contributed by atoms with Gasteiger partial charge in [0.2, 0.25) is 0 Å². The van der Waals surface area contributed by atoms with Crippen LogP contribution in [0, 0.1) is 0 Å². The Balaban J connectivity index is 0.00000242. The number of nitrogens with one attached hydrogen (secondary N) is 1. The lowest BCUT2D eigenvalue weighted by Crippen LogP contribution is -2.35. The Morgan fingerprint density at radius 2 is 1.50 bits per heavy atom. The minimum Gasteiger partial charge on any atom is -0.508 e. The van der Waals surface area contributed by atoms with Gasteiger partial charge in [0.1, 0.15) is 11.5 Å². The number of ketones is 1. The SMILES string of the molecule is CC(NCCc1ccc(O)cc1)C(=O)c1ccc(O)cc1.Cl. The molecular formula is C17H20ClNO3. The van der Waals surface area contributed by atoms with Gasteiger partial charge in [0, 0.05) is 5.56 Å². The average Bonchev–Trinajstić information content (AvgIpc) is 2.49. The van der Waals surface area contributed by atoms with E-state index in [1.54, 1.807) is 24.3 Å². The summed E-state index contributed by atoms with van der Waals surface area (Å²) in [6.45, 7) is 2.50. The van der Waals surface area contributed by atoms with Crippen molar-refractivity contribution in [2.75, 3.05) is 6.54 Å². The zero-order valence-corrected chi connectivity index (χ0v) is 13.1. The molecule has 1 unspecified atom stereocenters. The van der Waals surface area contributed by atoms with Crippen molar-refractivity contribution in [2.45, 2.75) is 19.4 Å². The van der Waals surface area contributed by atoms with E-state index in [1.807, 2.05) is 19.1 Å². The van der Waals surface area contributed by atoms with Crippen molar-refractivity contribution in [1.82, 2.24) is 5.32 Å². The Bertz CT molecular complexity index is 596. The Labute approximate surface area is 136 Å². The van der Waals surface area contributed by atoms with Crippen LogP contribution in [-0.4, -0.2) is 28.6 Å². The standard InChI is InChI=1S/C17H19NO3.ClH/c1-12(17(21)14-4-8-16(20)9-5-14)18-11-10-13-2-6-15(19)7-3-13;/h2-9,12,18-20H,10-11H2,1H3;1H. The van der Waals surface area contributed by atoms with Crippen molar-refractivity contribution in [1.29, 1.82) is 0 Å². The third-order valence-electron chi connectivity index (χ3n) is 3.35. The molecule has 0 amide bonds. The third-order valence-corrected chi connectivity index (χ3v) is 3.35. The van der Waals surface area contributed by atoms with E-state index in [0.29, 0.717) is 12.1 Å². The van der Waals surface area contributed by atoms with Gasteiger partial charge in [-0.1, -0.05) is 12.1 Å². The minimum absolute atomic E-state index is 0. The number of hydrogen-bond acceptors (Lipinski definition) is 4. The number of rotatable bonds is 6. The van der Waals surface area contributed by atoms with E-state index in [-0.39, 0.29) is 35.7 Å². The Morgan fingerprint density at radius 1 is 1.00 bits per heavy atom. The molecule has 2 aromatic rings. The maximum Gasteiger partial charge on any atom is 0.179 e. The first-order chi connectivity index (χ1) is 10.1. The molecule has 22 heavy (non-hydrogen) atoms. The second kappa shape index (κ2) is 8.41. The van der Waals surface area contributed by atoms with E-state index in [2.05, 4.69) is 5.32 Å². The molecule has 3 N–H and O–H groups in total. The van der Waals surface area contributed by atoms with E-state index >= 15 is 0 Å². The lowest BCUT2D eigenvalue weighted by atomic mass is 10.0. The number of carbonyl (C=O) groups excluding carboxylic acids is 1. The first-order valence-corrected chi connectivity index (χ1v) is 6.91. The van der Waals surface area contributed by atoms with Gasteiger partial charge in [-0.15, -0.1) is 12.4 Å². The van der Waals surface area contributed by atoms with Crippen molar-refractivity contribution in [3.8, 4) is 11.5 Å². The van der Waals surface area contributed by atoms with Crippen LogP contribution in [0.5, 0.6) is 11.5 Å². The molecule has 0 aliphatic carbocycles. The van der Waals surface area contributed by atoms with Gasteiger partial charge in [0.25, 0.3) is 0 Å². The van der Waals surface area contributed by atoms with Crippen LogP contribution in [0.3, 0.4) is 0 Å². The molecule has 4 nitrogen and oxygen atoms in total. The number of phenols is 2. The summed E-state index contributed by atoms with van der Waals surface area (Å²) < 4.78 is 0. The smallest absolute Gasteiger partial charge is 0.179 e. The van der Waals surface area contributed by atoms with Gasteiger partial charge < -0.3 is 15.5 Å². The molecule has 2 aromatic carbocycles. The summed E-state index contributed by atoms with van der Waals surface area (Å²) >= 11 is 0. The molecule has 0 fully saturated rings. The molecule has 0 aliphatic heterocycles. The second-order valence-corrected chi connectivity index (χ2v) is 5.00. The number of hydrogen-bond donors (Lipinski definition) is 3. The number of halogens is 1. The maximum absolute atomic E-state index is 12.2. The van der Waals surface area contributed by atoms with Crippen molar-refractivity contribution < 1.29 is 15.0 Å². The van der Waals surface area contributed by atoms with Gasteiger partial charge in [-0.3, -0.25) is 4.79 Å². The van der Waals surface area contributed by atoms with Gasteiger partial charge in [-0.05, 0) is 61.9 Å².